The van der Waals surface area contributed by atoms with Gasteiger partial charge in [0.1, 0.15) is 5.69 Å². The molecule has 1 aromatic carbocycles. The van der Waals surface area contributed by atoms with Crippen molar-refractivity contribution in [2.24, 2.45) is 0 Å². The Morgan fingerprint density at radius 1 is 1.25 bits per heavy atom. The standard InChI is InChI=1S/C14H8BrNO3.K/c15-9-3-1-4-10-13(9)8(14(17)18)7-11(16-10)12-5-2-6-19-12;/h1-7H,(H,17,18);/q;+1/p-1. The minimum atomic E-state index is -1.24. The van der Waals surface area contributed by atoms with Gasteiger partial charge in [-0.1, -0.05) is 22.0 Å². The SMILES string of the molecule is O=C([O-])c1cc(-c2ccco2)nc2cccc(Br)c12.[K+]. The summed E-state index contributed by atoms with van der Waals surface area (Å²) in [6.07, 6.45) is 1.51. The van der Waals surface area contributed by atoms with Gasteiger partial charge in [-0.2, -0.15) is 0 Å². The van der Waals surface area contributed by atoms with E-state index in [-0.39, 0.29) is 56.9 Å². The van der Waals surface area contributed by atoms with E-state index in [1.54, 1.807) is 30.3 Å². The first-order valence-electron chi connectivity index (χ1n) is 5.51. The first-order chi connectivity index (χ1) is 9.16. The van der Waals surface area contributed by atoms with Crippen LogP contribution in [0.5, 0.6) is 0 Å². The summed E-state index contributed by atoms with van der Waals surface area (Å²) in [5, 5.41) is 11.8. The molecule has 3 aromatic rings. The van der Waals surface area contributed by atoms with Gasteiger partial charge < -0.3 is 14.3 Å². The van der Waals surface area contributed by atoms with Gasteiger partial charge in [-0.05, 0) is 30.3 Å². The number of carboxylic acids is 1. The van der Waals surface area contributed by atoms with Crippen LogP contribution in [0.1, 0.15) is 10.4 Å². The zero-order valence-corrected chi connectivity index (χ0v) is 15.3. The van der Waals surface area contributed by atoms with Crippen LogP contribution in [0.2, 0.25) is 0 Å². The van der Waals surface area contributed by atoms with E-state index in [4.69, 9.17) is 4.42 Å². The molecule has 0 radical (unpaired) electrons. The van der Waals surface area contributed by atoms with E-state index in [0.29, 0.717) is 26.8 Å². The minimum Gasteiger partial charge on any atom is -0.545 e. The molecule has 0 unspecified atom stereocenters. The monoisotopic (exact) mass is 355 g/mol. The number of carbonyl (C=O) groups is 1. The largest absolute Gasteiger partial charge is 1.00 e. The summed E-state index contributed by atoms with van der Waals surface area (Å²) in [7, 11) is 0. The summed E-state index contributed by atoms with van der Waals surface area (Å²) in [5.41, 5.74) is 1.13. The Morgan fingerprint density at radius 2 is 2.05 bits per heavy atom. The summed E-state index contributed by atoms with van der Waals surface area (Å²) >= 11 is 3.33. The van der Waals surface area contributed by atoms with E-state index in [0.717, 1.165) is 0 Å². The first-order valence-corrected chi connectivity index (χ1v) is 6.30. The van der Waals surface area contributed by atoms with Gasteiger partial charge in [-0.15, -0.1) is 0 Å². The number of furan rings is 1. The Balaban J connectivity index is 0.00000147. The molecule has 0 saturated heterocycles. The second kappa shape index (κ2) is 6.51. The van der Waals surface area contributed by atoms with Crippen molar-refractivity contribution in [3.05, 3.63) is 52.7 Å². The molecular weight excluding hydrogens is 349 g/mol. The van der Waals surface area contributed by atoms with Gasteiger partial charge >= 0.3 is 51.4 Å². The summed E-state index contributed by atoms with van der Waals surface area (Å²) in [6.45, 7) is 0. The van der Waals surface area contributed by atoms with Crippen LogP contribution in [-0.4, -0.2) is 11.0 Å². The minimum absolute atomic E-state index is 0. The Hall–Kier alpha value is -0.504. The molecule has 0 aliphatic carbocycles. The Bertz CT molecular complexity index is 771. The summed E-state index contributed by atoms with van der Waals surface area (Å²) < 4.78 is 5.92. The number of carbonyl (C=O) groups excluding carboxylic acids is 1. The van der Waals surface area contributed by atoms with Crippen molar-refractivity contribution in [1.29, 1.82) is 0 Å². The van der Waals surface area contributed by atoms with E-state index in [1.165, 1.54) is 12.3 Å². The second-order valence-corrected chi connectivity index (χ2v) is 4.81. The summed E-state index contributed by atoms with van der Waals surface area (Å²) in [5.74, 6) is -0.725. The molecule has 6 heteroatoms. The van der Waals surface area contributed by atoms with Crippen molar-refractivity contribution in [3.8, 4) is 11.5 Å². The van der Waals surface area contributed by atoms with Gasteiger partial charge in [0.05, 0.1) is 17.7 Å². The van der Waals surface area contributed by atoms with Gasteiger partial charge in [-0.3, -0.25) is 0 Å². The maximum absolute atomic E-state index is 11.3. The van der Waals surface area contributed by atoms with Gasteiger partial charge in [0.2, 0.25) is 0 Å². The maximum atomic E-state index is 11.3. The third-order valence-electron chi connectivity index (χ3n) is 2.78. The molecule has 2 heterocycles. The van der Waals surface area contributed by atoms with Crippen LogP contribution in [0.4, 0.5) is 0 Å². The fraction of sp³-hybridized carbons (Fsp3) is 0. The molecule has 0 saturated carbocycles. The molecule has 0 aliphatic rings. The number of aromatic carboxylic acids is 1. The van der Waals surface area contributed by atoms with Crippen LogP contribution >= 0.6 is 15.9 Å². The number of hydrogen-bond donors (Lipinski definition) is 0. The third-order valence-corrected chi connectivity index (χ3v) is 3.44. The Morgan fingerprint density at radius 3 is 2.70 bits per heavy atom. The van der Waals surface area contributed by atoms with Crippen molar-refractivity contribution in [2.45, 2.75) is 0 Å². The zero-order chi connectivity index (χ0) is 13.4. The van der Waals surface area contributed by atoms with Crippen molar-refractivity contribution in [3.63, 3.8) is 0 Å². The van der Waals surface area contributed by atoms with Gasteiger partial charge in [0, 0.05) is 15.4 Å². The van der Waals surface area contributed by atoms with Crippen molar-refractivity contribution >= 4 is 32.8 Å². The quantitative estimate of drug-likeness (QED) is 0.588. The van der Waals surface area contributed by atoms with Crippen molar-refractivity contribution in [2.75, 3.05) is 0 Å². The number of rotatable bonds is 2. The number of carboxylic acid groups (broad SMARTS) is 1. The van der Waals surface area contributed by atoms with E-state index >= 15 is 0 Å². The summed E-state index contributed by atoms with van der Waals surface area (Å²) in [4.78, 5) is 15.7. The number of benzene rings is 1. The predicted octanol–water partition coefficient (Wildman–Crippen LogP) is -0.375. The van der Waals surface area contributed by atoms with E-state index in [2.05, 4.69) is 20.9 Å². The number of nitrogens with zero attached hydrogens (tertiary/aromatic N) is 1. The van der Waals surface area contributed by atoms with Crippen LogP contribution in [0.25, 0.3) is 22.4 Å². The molecule has 94 valence electrons. The number of fused-ring (bicyclic) bond motifs is 1. The number of pyridine rings is 1. The molecule has 2 aromatic heterocycles. The van der Waals surface area contributed by atoms with E-state index in [9.17, 15) is 9.90 Å². The molecular formula is C14H7BrKNO3. The van der Waals surface area contributed by atoms with Crippen molar-refractivity contribution < 1.29 is 65.7 Å². The molecule has 3 rings (SSSR count). The molecule has 0 atom stereocenters. The average Bonchev–Trinajstić information content (AvgIpc) is 2.91. The van der Waals surface area contributed by atoms with E-state index in [1.807, 2.05) is 0 Å². The maximum Gasteiger partial charge on any atom is 1.00 e. The number of halogens is 1. The van der Waals surface area contributed by atoms with Crippen LogP contribution in [0, 0.1) is 0 Å². The number of hydrogen-bond acceptors (Lipinski definition) is 4. The first kappa shape index (κ1) is 15.9. The predicted molar refractivity (Wildman–Crippen MR) is 71.5 cm³/mol. The molecule has 0 spiro atoms. The molecule has 4 nitrogen and oxygen atoms in total. The van der Waals surface area contributed by atoms with Crippen LogP contribution in [0.3, 0.4) is 0 Å². The van der Waals surface area contributed by atoms with Crippen LogP contribution < -0.4 is 56.5 Å². The Labute approximate surface area is 165 Å². The van der Waals surface area contributed by atoms with Crippen LogP contribution in [0.15, 0.2) is 51.6 Å². The Kier molecular flexibility index (Phi) is 5.17. The normalized spacial score (nSPS) is 10.2. The molecule has 0 fully saturated rings. The van der Waals surface area contributed by atoms with Gasteiger partial charge in [-0.25, -0.2) is 4.98 Å². The van der Waals surface area contributed by atoms with Crippen molar-refractivity contribution in [1.82, 2.24) is 4.98 Å². The van der Waals surface area contributed by atoms with Gasteiger partial charge in [0.15, 0.2) is 5.76 Å². The second-order valence-electron chi connectivity index (χ2n) is 3.95. The fourth-order valence-corrected chi connectivity index (χ4v) is 2.52. The summed E-state index contributed by atoms with van der Waals surface area (Å²) in [6, 6.07) is 10.2. The smallest absolute Gasteiger partial charge is 0.545 e. The molecule has 0 aliphatic heterocycles. The van der Waals surface area contributed by atoms with Gasteiger partial charge in [0.25, 0.3) is 0 Å². The van der Waals surface area contributed by atoms with Crippen LogP contribution in [-0.2, 0) is 0 Å². The zero-order valence-electron chi connectivity index (χ0n) is 10.6. The topological polar surface area (TPSA) is 66.2 Å². The molecule has 20 heavy (non-hydrogen) atoms. The third kappa shape index (κ3) is 2.90. The fourth-order valence-electron chi connectivity index (χ4n) is 1.96. The van der Waals surface area contributed by atoms with E-state index < -0.39 is 5.97 Å². The average molecular weight is 356 g/mol. The molecule has 0 N–H and O–H groups in total. The molecule has 0 bridgehead atoms. The number of aromatic nitrogens is 1. The molecule has 0 amide bonds.